The smallest absolute Gasteiger partial charge is 0.167 e. The van der Waals surface area contributed by atoms with E-state index >= 15 is 0 Å². The van der Waals surface area contributed by atoms with Crippen LogP contribution >= 0.6 is 0 Å². The Balaban J connectivity index is 1.26. The van der Waals surface area contributed by atoms with Crippen molar-refractivity contribution >= 4 is 43.5 Å². The molecule has 2 aromatic heterocycles. The Morgan fingerprint density at radius 3 is 1.98 bits per heavy atom. The largest absolute Gasteiger partial charge is 0.455 e. The first-order valence-corrected chi connectivity index (χ1v) is 17.3. The summed E-state index contributed by atoms with van der Waals surface area (Å²) in [5.41, 5.74) is 9.59. The van der Waals surface area contributed by atoms with Crippen molar-refractivity contribution in [3.8, 4) is 45.3 Å². The van der Waals surface area contributed by atoms with Gasteiger partial charge in [-0.3, -0.25) is 0 Å². The van der Waals surface area contributed by atoms with Crippen molar-refractivity contribution in [2.24, 2.45) is 5.92 Å². The van der Waals surface area contributed by atoms with Crippen molar-refractivity contribution in [1.82, 2.24) is 15.0 Å². The van der Waals surface area contributed by atoms with Crippen LogP contribution in [-0.2, 0) is 5.41 Å². The van der Waals surface area contributed by atoms with E-state index in [4.69, 9.17) is 19.4 Å². The molecule has 0 N–H and O–H groups in total. The molecule has 0 fully saturated rings. The third-order valence-corrected chi connectivity index (χ3v) is 11.1. The third-order valence-electron chi connectivity index (χ3n) is 11.1. The van der Waals surface area contributed by atoms with Crippen LogP contribution in [0.15, 0.2) is 144 Å². The van der Waals surface area contributed by atoms with Crippen LogP contribution in [0.1, 0.15) is 31.9 Å². The van der Waals surface area contributed by atoms with Gasteiger partial charge in [0.2, 0.25) is 0 Å². The Morgan fingerprint density at radius 2 is 1.16 bits per heavy atom. The van der Waals surface area contributed by atoms with Gasteiger partial charge in [0.25, 0.3) is 0 Å². The first-order valence-electron chi connectivity index (χ1n) is 17.3. The monoisotopic (exact) mass is 643 g/mol. The molecular formula is C46H33N3O. The van der Waals surface area contributed by atoms with E-state index in [1.54, 1.807) is 0 Å². The minimum Gasteiger partial charge on any atom is -0.455 e. The van der Waals surface area contributed by atoms with Gasteiger partial charge in [0.15, 0.2) is 17.5 Å². The number of aromatic nitrogens is 3. The summed E-state index contributed by atoms with van der Waals surface area (Å²) in [7, 11) is 0. The molecule has 0 spiro atoms. The number of furan rings is 1. The molecule has 0 amide bonds. The molecule has 7 aromatic carbocycles. The van der Waals surface area contributed by atoms with Gasteiger partial charge in [0.05, 0.1) is 5.56 Å². The Labute approximate surface area is 290 Å². The van der Waals surface area contributed by atoms with Crippen molar-refractivity contribution < 1.29 is 4.42 Å². The van der Waals surface area contributed by atoms with Crippen LogP contribution in [0, 0.1) is 5.92 Å². The van der Waals surface area contributed by atoms with Crippen molar-refractivity contribution in [3.63, 3.8) is 0 Å². The second kappa shape index (κ2) is 10.7. The molecule has 4 heteroatoms. The number of hydrogen-bond donors (Lipinski definition) is 0. The fraction of sp³-hybridized carbons (Fsp3) is 0.109. The lowest BCUT2D eigenvalue weighted by Crippen LogP contribution is -2.27. The lowest BCUT2D eigenvalue weighted by molar-refractivity contribution is 0.414. The van der Waals surface area contributed by atoms with E-state index in [9.17, 15) is 0 Å². The van der Waals surface area contributed by atoms with Crippen LogP contribution in [0.2, 0.25) is 0 Å². The maximum absolute atomic E-state index is 6.83. The van der Waals surface area contributed by atoms with Crippen LogP contribution in [-0.4, -0.2) is 15.0 Å². The quantitative estimate of drug-likeness (QED) is 0.179. The Hall–Kier alpha value is -6.13. The number of benzene rings is 7. The van der Waals surface area contributed by atoms with Crippen LogP contribution in [0.25, 0.3) is 88.8 Å². The second-order valence-corrected chi connectivity index (χ2v) is 13.9. The maximum atomic E-state index is 6.83. The topological polar surface area (TPSA) is 51.8 Å². The van der Waals surface area contributed by atoms with E-state index < -0.39 is 0 Å². The Morgan fingerprint density at radius 1 is 0.520 bits per heavy atom. The van der Waals surface area contributed by atoms with E-state index in [2.05, 4.69) is 142 Å². The van der Waals surface area contributed by atoms with Gasteiger partial charge in [0.1, 0.15) is 11.2 Å². The van der Waals surface area contributed by atoms with Crippen LogP contribution in [0.4, 0.5) is 0 Å². The van der Waals surface area contributed by atoms with Crippen LogP contribution in [0.5, 0.6) is 0 Å². The molecule has 1 unspecified atom stereocenters. The van der Waals surface area contributed by atoms with Gasteiger partial charge in [-0.05, 0) is 67.9 Å². The molecule has 10 rings (SSSR count). The number of nitrogens with zero attached hydrogens (tertiary/aromatic N) is 3. The van der Waals surface area contributed by atoms with E-state index in [0.717, 1.165) is 49.4 Å². The molecule has 0 radical (unpaired) electrons. The maximum Gasteiger partial charge on any atom is 0.167 e. The summed E-state index contributed by atoms with van der Waals surface area (Å²) >= 11 is 0. The summed E-state index contributed by atoms with van der Waals surface area (Å²) < 4.78 is 6.83. The molecule has 1 aliphatic rings. The molecule has 238 valence electrons. The first kappa shape index (κ1) is 28.8. The molecule has 1 atom stereocenters. The number of hydrogen-bond acceptors (Lipinski definition) is 4. The van der Waals surface area contributed by atoms with Crippen molar-refractivity contribution in [2.75, 3.05) is 0 Å². The fourth-order valence-electron chi connectivity index (χ4n) is 8.27. The fourth-order valence-corrected chi connectivity index (χ4v) is 8.27. The highest BCUT2D eigenvalue weighted by atomic mass is 16.3. The zero-order valence-corrected chi connectivity index (χ0v) is 28.1. The summed E-state index contributed by atoms with van der Waals surface area (Å²) in [6.07, 6.45) is 0. The van der Waals surface area contributed by atoms with Gasteiger partial charge in [-0.15, -0.1) is 0 Å². The van der Waals surface area contributed by atoms with E-state index in [0.29, 0.717) is 23.4 Å². The second-order valence-electron chi connectivity index (χ2n) is 13.9. The van der Waals surface area contributed by atoms with Crippen molar-refractivity contribution in [2.45, 2.75) is 26.2 Å². The zero-order valence-electron chi connectivity index (χ0n) is 28.1. The third kappa shape index (κ3) is 4.02. The predicted octanol–water partition coefficient (Wildman–Crippen LogP) is 12.0. The molecule has 9 aromatic rings. The van der Waals surface area contributed by atoms with E-state index in [1.165, 1.54) is 33.0 Å². The number of fused-ring (bicyclic) bond motifs is 10. The first-order chi connectivity index (χ1) is 24.5. The molecular weight excluding hydrogens is 611 g/mol. The number of para-hydroxylation sites is 1. The molecule has 2 heterocycles. The van der Waals surface area contributed by atoms with Crippen LogP contribution in [0.3, 0.4) is 0 Å². The van der Waals surface area contributed by atoms with Crippen molar-refractivity contribution in [3.05, 3.63) is 151 Å². The minimum atomic E-state index is -0.0996. The lowest BCUT2D eigenvalue weighted by atomic mass is 9.71. The average Bonchev–Trinajstić information content (AvgIpc) is 3.68. The highest BCUT2D eigenvalue weighted by molar-refractivity contribution is 6.17. The van der Waals surface area contributed by atoms with E-state index in [-0.39, 0.29) is 5.41 Å². The molecule has 1 aliphatic carbocycles. The highest BCUT2D eigenvalue weighted by Gasteiger charge is 2.42. The minimum absolute atomic E-state index is 0.0996. The van der Waals surface area contributed by atoms with Gasteiger partial charge >= 0.3 is 0 Å². The van der Waals surface area contributed by atoms with Gasteiger partial charge in [0, 0.05) is 27.3 Å². The predicted molar refractivity (Wildman–Crippen MR) is 205 cm³/mol. The average molecular weight is 644 g/mol. The highest BCUT2D eigenvalue weighted by Crippen LogP contribution is 2.56. The summed E-state index contributed by atoms with van der Waals surface area (Å²) in [6.45, 7) is 7.03. The molecule has 0 saturated carbocycles. The lowest BCUT2D eigenvalue weighted by Gasteiger charge is -2.31. The summed E-state index contributed by atoms with van der Waals surface area (Å²) in [5.74, 6) is 2.26. The van der Waals surface area contributed by atoms with Crippen LogP contribution < -0.4 is 0 Å². The van der Waals surface area contributed by atoms with Gasteiger partial charge < -0.3 is 4.42 Å². The molecule has 0 bridgehead atoms. The SMILES string of the molecule is CC(C)C1(C)c2ccccc2-c2c1ccc1oc3c(-c4nc(-c5ccccc5)nc(-c5cc6ccccc6c6ccccc56)n4)cccc3c21. The van der Waals surface area contributed by atoms with E-state index in [1.807, 2.05) is 18.2 Å². The van der Waals surface area contributed by atoms with Gasteiger partial charge in [-0.1, -0.05) is 142 Å². The van der Waals surface area contributed by atoms with Gasteiger partial charge in [-0.25, -0.2) is 15.0 Å². The molecule has 0 saturated heterocycles. The zero-order chi connectivity index (χ0) is 33.6. The molecule has 50 heavy (non-hydrogen) atoms. The summed E-state index contributed by atoms with van der Waals surface area (Å²) in [5, 5.41) is 6.84. The van der Waals surface area contributed by atoms with Crippen molar-refractivity contribution in [1.29, 1.82) is 0 Å². The Bertz CT molecular complexity index is 2820. The standard InChI is InChI=1S/C46H33N3O/c1-27(2)46(3)37-23-12-11-20-33(37)40-38(46)24-25-39-41(40)34-21-13-22-35(42(34)50-39)44-47-43(28-14-5-4-6-15-28)48-45(49-44)36-26-29-16-7-8-17-30(29)31-18-9-10-19-32(31)36/h4-27H,1-3H3. The molecule has 4 nitrogen and oxygen atoms in total. The summed E-state index contributed by atoms with van der Waals surface area (Å²) in [6, 6.07) is 49.0. The number of rotatable bonds is 4. The summed E-state index contributed by atoms with van der Waals surface area (Å²) in [4.78, 5) is 15.5. The van der Waals surface area contributed by atoms with Gasteiger partial charge in [-0.2, -0.15) is 0 Å². The molecule has 0 aliphatic heterocycles. The Kier molecular flexibility index (Phi) is 6.16. The normalized spacial score (nSPS) is 15.4.